The van der Waals surface area contributed by atoms with E-state index in [1.165, 1.54) is 5.56 Å². The summed E-state index contributed by atoms with van der Waals surface area (Å²) in [6.07, 6.45) is 4.69. The lowest BCUT2D eigenvalue weighted by molar-refractivity contribution is 0.310. The number of para-hydroxylation sites is 1. The second kappa shape index (κ2) is 7.20. The zero-order valence-electron chi connectivity index (χ0n) is 16.0. The maximum Gasteiger partial charge on any atom is 0.153 e. The summed E-state index contributed by atoms with van der Waals surface area (Å²) in [7, 11) is 0. The number of hydrogen-bond donors (Lipinski definition) is 0. The smallest absolute Gasteiger partial charge is 0.153 e. The van der Waals surface area contributed by atoms with Crippen LogP contribution in [-0.2, 0) is 13.1 Å². The Morgan fingerprint density at radius 1 is 1.14 bits per heavy atom. The number of furan rings is 1. The standard InChI is InChI=1S/C22H23N5O/c1-2-27-22(24-15-25-27)14-26-10-8-18(13-26)16-7-9-23-19(11-16)21-12-17-5-3-4-6-20(17)28-21/h3-7,9,11-12,15,18H,2,8,10,13-14H2,1H3/t18-/m1/s1. The van der Waals surface area contributed by atoms with Crippen LogP contribution in [0.3, 0.4) is 0 Å². The van der Waals surface area contributed by atoms with Crippen LogP contribution in [0.15, 0.2) is 59.4 Å². The molecular formula is C22H23N5O. The van der Waals surface area contributed by atoms with Crippen LogP contribution in [0.4, 0.5) is 0 Å². The normalized spacial score (nSPS) is 17.5. The predicted octanol–water partition coefficient (Wildman–Crippen LogP) is 4.10. The van der Waals surface area contributed by atoms with Crippen molar-refractivity contribution >= 4 is 11.0 Å². The predicted molar refractivity (Wildman–Crippen MR) is 108 cm³/mol. The fraction of sp³-hybridized carbons (Fsp3) is 0.318. The Balaban J connectivity index is 1.34. The highest BCUT2D eigenvalue weighted by Gasteiger charge is 2.25. The molecule has 1 fully saturated rings. The molecule has 0 amide bonds. The van der Waals surface area contributed by atoms with Crippen molar-refractivity contribution in [1.29, 1.82) is 0 Å². The number of aryl methyl sites for hydroxylation is 1. The number of hydrogen-bond acceptors (Lipinski definition) is 5. The van der Waals surface area contributed by atoms with Gasteiger partial charge >= 0.3 is 0 Å². The highest BCUT2D eigenvalue weighted by Crippen LogP contribution is 2.32. The van der Waals surface area contributed by atoms with Crippen LogP contribution in [0.1, 0.15) is 30.7 Å². The fourth-order valence-corrected chi connectivity index (χ4v) is 4.07. The summed E-state index contributed by atoms with van der Waals surface area (Å²) >= 11 is 0. The molecule has 6 heteroatoms. The van der Waals surface area contributed by atoms with E-state index in [1.54, 1.807) is 6.33 Å². The molecule has 0 N–H and O–H groups in total. The van der Waals surface area contributed by atoms with E-state index in [0.717, 1.165) is 60.8 Å². The lowest BCUT2D eigenvalue weighted by Gasteiger charge is -2.16. The first-order valence-electron chi connectivity index (χ1n) is 9.84. The molecular weight excluding hydrogens is 350 g/mol. The van der Waals surface area contributed by atoms with E-state index >= 15 is 0 Å². The Labute approximate surface area is 163 Å². The molecule has 1 aliphatic heterocycles. The molecule has 0 aliphatic carbocycles. The van der Waals surface area contributed by atoms with Crippen molar-refractivity contribution in [2.75, 3.05) is 13.1 Å². The second-order valence-corrected chi connectivity index (χ2v) is 7.34. The van der Waals surface area contributed by atoms with Gasteiger partial charge in [-0.05, 0) is 55.6 Å². The van der Waals surface area contributed by atoms with Gasteiger partial charge in [0.1, 0.15) is 23.4 Å². The third-order valence-corrected chi connectivity index (χ3v) is 5.57. The molecule has 4 heterocycles. The number of pyridine rings is 1. The van der Waals surface area contributed by atoms with Gasteiger partial charge in [0.25, 0.3) is 0 Å². The monoisotopic (exact) mass is 373 g/mol. The molecule has 6 nitrogen and oxygen atoms in total. The summed E-state index contributed by atoms with van der Waals surface area (Å²) in [5.41, 5.74) is 3.12. The van der Waals surface area contributed by atoms with Crippen molar-refractivity contribution in [3.63, 3.8) is 0 Å². The van der Waals surface area contributed by atoms with Crippen LogP contribution >= 0.6 is 0 Å². The largest absolute Gasteiger partial charge is 0.454 e. The zero-order valence-corrected chi connectivity index (χ0v) is 16.0. The van der Waals surface area contributed by atoms with E-state index in [-0.39, 0.29) is 0 Å². The summed E-state index contributed by atoms with van der Waals surface area (Å²) in [4.78, 5) is 11.4. The first kappa shape index (κ1) is 17.1. The van der Waals surface area contributed by atoms with Crippen molar-refractivity contribution in [2.24, 2.45) is 0 Å². The van der Waals surface area contributed by atoms with Crippen LogP contribution in [0.5, 0.6) is 0 Å². The minimum atomic E-state index is 0.504. The first-order valence-corrected chi connectivity index (χ1v) is 9.84. The molecule has 0 bridgehead atoms. The van der Waals surface area contributed by atoms with Gasteiger partial charge in [0.15, 0.2) is 5.76 Å². The molecule has 3 aromatic heterocycles. The topological polar surface area (TPSA) is 60.0 Å². The van der Waals surface area contributed by atoms with Gasteiger partial charge in [0.2, 0.25) is 0 Å². The Hall–Kier alpha value is -2.99. The molecule has 1 aliphatic rings. The van der Waals surface area contributed by atoms with Crippen LogP contribution in [0, 0.1) is 0 Å². The molecule has 1 saturated heterocycles. The lowest BCUT2D eigenvalue weighted by atomic mass is 9.98. The molecule has 0 spiro atoms. The van der Waals surface area contributed by atoms with E-state index in [4.69, 9.17) is 4.42 Å². The van der Waals surface area contributed by atoms with Crippen molar-refractivity contribution in [3.8, 4) is 11.5 Å². The third-order valence-electron chi connectivity index (χ3n) is 5.57. The van der Waals surface area contributed by atoms with Crippen molar-refractivity contribution in [1.82, 2.24) is 24.6 Å². The SMILES string of the molecule is CCn1ncnc1CN1CC[C@@H](c2ccnc(-c3cc4ccccc4o3)c2)C1. The minimum Gasteiger partial charge on any atom is -0.454 e. The van der Waals surface area contributed by atoms with Crippen molar-refractivity contribution in [3.05, 3.63) is 66.4 Å². The molecule has 4 aromatic rings. The van der Waals surface area contributed by atoms with Crippen LogP contribution < -0.4 is 0 Å². The van der Waals surface area contributed by atoms with Crippen molar-refractivity contribution in [2.45, 2.75) is 32.4 Å². The zero-order chi connectivity index (χ0) is 18.9. The maximum absolute atomic E-state index is 6.00. The molecule has 0 radical (unpaired) electrons. The van der Waals surface area contributed by atoms with Gasteiger partial charge in [0, 0.05) is 24.7 Å². The average molecular weight is 373 g/mol. The summed E-state index contributed by atoms with van der Waals surface area (Å²) in [6, 6.07) is 14.5. The fourth-order valence-electron chi connectivity index (χ4n) is 4.07. The number of rotatable bonds is 5. The van der Waals surface area contributed by atoms with Gasteiger partial charge in [-0.25, -0.2) is 9.67 Å². The molecule has 1 atom stereocenters. The van der Waals surface area contributed by atoms with Crippen LogP contribution in [0.2, 0.25) is 0 Å². The van der Waals surface area contributed by atoms with Gasteiger partial charge in [0.05, 0.1) is 6.54 Å². The Morgan fingerprint density at radius 2 is 2.07 bits per heavy atom. The average Bonchev–Trinajstić information content (AvgIpc) is 3.47. The number of aromatic nitrogens is 4. The summed E-state index contributed by atoms with van der Waals surface area (Å²) in [6.45, 7) is 5.91. The Morgan fingerprint density at radius 3 is 2.96 bits per heavy atom. The molecule has 28 heavy (non-hydrogen) atoms. The number of likely N-dealkylation sites (tertiary alicyclic amines) is 1. The molecule has 0 unspecified atom stereocenters. The van der Waals surface area contributed by atoms with E-state index < -0.39 is 0 Å². The van der Waals surface area contributed by atoms with Gasteiger partial charge < -0.3 is 4.42 Å². The third kappa shape index (κ3) is 3.20. The van der Waals surface area contributed by atoms with Crippen molar-refractivity contribution < 1.29 is 4.42 Å². The van der Waals surface area contributed by atoms with Gasteiger partial charge in [-0.1, -0.05) is 18.2 Å². The van der Waals surface area contributed by atoms with Gasteiger partial charge in [-0.15, -0.1) is 0 Å². The second-order valence-electron chi connectivity index (χ2n) is 7.34. The number of nitrogens with zero attached hydrogens (tertiary/aromatic N) is 5. The van der Waals surface area contributed by atoms with Crippen LogP contribution in [0.25, 0.3) is 22.4 Å². The molecule has 142 valence electrons. The lowest BCUT2D eigenvalue weighted by Crippen LogP contribution is -2.22. The molecule has 0 saturated carbocycles. The molecule has 5 rings (SSSR count). The highest BCUT2D eigenvalue weighted by atomic mass is 16.3. The Bertz CT molecular complexity index is 1070. The summed E-state index contributed by atoms with van der Waals surface area (Å²) < 4.78 is 7.97. The van der Waals surface area contributed by atoms with Gasteiger partial charge in [-0.3, -0.25) is 9.88 Å². The number of fused-ring (bicyclic) bond motifs is 1. The minimum absolute atomic E-state index is 0.504. The quantitative estimate of drug-likeness (QED) is 0.527. The van der Waals surface area contributed by atoms with E-state index in [2.05, 4.69) is 51.2 Å². The van der Waals surface area contributed by atoms with E-state index in [0.29, 0.717) is 5.92 Å². The number of benzene rings is 1. The maximum atomic E-state index is 6.00. The van der Waals surface area contributed by atoms with Gasteiger partial charge in [-0.2, -0.15) is 5.10 Å². The van der Waals surface area contributed by atoms with Crippen LogP contribution in [-0.4, -0.2) is 37.7 Å². The first-order chi connectivity index (χ1) is 13.8. The highest BCUT2D eigenvalue weighted by molar-refractivity contribution is 5.82. The van der Waals surface area contributed by atoms with E-state index in [1.807, 2.05) is 29.1 Å². The summed E-state index contributed by atoms with van der Waals surface area (Å²) in [5.74, 6) is 2.37. The van der Waals surface area contributed by atoms with E-state index in [9.17, 15) is 0 Å². The Kier molecular flexibility index (Phi) is 4.41. The summed E-state index contributed by atoms with van der Waals surface area (Å²) in [5, 5.41) is 5.39. The molecule has 1 aromatic carbocycles.